The molecule has 2 atom stereocenters. The smallest absolute Gasteiger partial charge is 0.321 e. The van der Waals surface area contributed by atoms with E-state index in [0.29, 0.717) is 28.6 Å². The molecule has 0 aliphatic heterocycles. The zero-order valence-electron chi connectivity index (χ0n) is 13.2. The standard InChI is InChI=1S/C17H19Cl2NO4/c1-11(7-16(21)22)5-6-20-15(17(23)24)4-2-3-12-8-13(18)10-14(19)9-12/h8-11,15,20H,4-7H2,1H3,(H,21,22)(H,23,24). The van der Waals surface area contributed by atoms with Crippen LogP contribution in [0.15, 0.2) is 18.2 Å². The number of nitrogens with one attached hydrogen (secondary N) is 1. The first-order chi connectivity index (χ1) is 11.3. The first-order valence-electron chi connectivity index (χ1n) is 7.41. The summed E-state index contributed by atoms with van der Waals surface area (Å²) in [7, 11) is 0. The maximum absolute atomic E-state index is 11.2. The number of carbonyl (C=O) groups is 2. The Kier molecular flexibility index (Phi) is 8.62. The molecule has 0 saturated heterocycles. The molecule has 0 saturated carbocycles. The molecule has 1 rings (SSSR count). The highest BCUT2D eigenvalue weighted by Gasteiger charge is 2.16. The van der Waals surface area contributed by atoms with Crippen LogP contribution in [0.5, 0.6) is 0 Å². The van der Waals surface area contributed by atoms with Gasteiger partial charge < -0.3 is 15.5 Å². The summed E-state index contributed by atoms with van der Waals surface area (Å²) < 4.78 is 0. The molecule has 2 unspecified atom stereocenters. The second-order valence-corrected chi connectivity index (χ2v) is 6.37. The molecule has 0 aliphatic rings. The van der Waals surface area contributed by atoms with Gasteiger partial charge in [0.2, 0.25) is 0 Å². The molecule has 130 valence electrons. The van der Waals surface area contributed by atoms with Crippen LogP contribution in [-0.2, 0) is 9.59 Å². The highest BCUT2D eigenvalue weighted by atomic mass is 35.5. The first-order valence-corrected chi connectivity index (χ1v) is 8.16. The van der Waals surface area contributed by atoms with Crippen LogP contribution >= 0.6 is 23.2 Å². The largest absolute Gasteiger partial charge is 0.481 e. The van der Waals surface area contributed by atoms with Crippen molar-refractivity contribution in [3.63, 3.8) is 0 Å². The summed E-state index contributed by atoms with van der Waals surface area (Å²) in [5.74, 6) is 3.76. The van der Waals surface area contributed by atoms with Crippen molar-refractivity contribution >= 4 is 35.1 Å². The number of aliphatic carboxylic acids is 2. The quantitative estimate of drug-likeness (QED) is 0.610. The van der Waals surface area contributed by atoms with E-state index in [9.17, 15) is 14.7 Å². The van der Waals surface area contributed by atoms with Gasteiger partial charge in [-0.3, -0.25) is 9.59 Å². The van der Waals surface area contributed by atoms with Gasteiger partial charge in [-0.25, -0.2) is 0 Å². The van der Waals surface area contributed by atoms with E-state index >= 15 is 0 Å². The topological polar surface area (TPSA) is 86.6 Å². The zero-order valence-corrected chi connectivity index (χ0v) is 14.7. The summed E-state index contributed by atoms with van der Waals surface area (Å²) in [6.45, 7) is 2.23. The van der Waals surface area contributed by atoms with Crippen LogP contribution in [0.2, 0.25) is 10.0 Å². The highest BCUT2D eigenvalue weighted by Crippen LogP contribution is 2.18. The molecular formula is C17H19Cl2NO4. The molecule has 0 radical (unpaired) electrons. The molecule has 0 aromatic heterocycles. The minimum atomic E-state index is -1.00. The fraction of sp³-hybridized carbons (Fsp3) is 0.412. The van der Waals surface area contributed by atoms with Crippen molar-refractivity contribution in [2.24, 2.45) is 5.92 Å². The van der Waals surface area contributed by atoms with Crippen molar-refractivity contribution in [1.82, 2.24) is 5.32 Å². The van der Waals surface area contributed by atoms with Gasteiger partial charge in [0.05, 0.1) is 0 Å². The number of rotatable bonds is 8. The van der Waals surface area contributed by atoms with E-state index < -0.39 is 18.0 Å². The van der Waals surface area contributed by atoms with Crippen LogP contribution in [0, 0.1) is 17.8 Å². The van der Waals surface area contributed by atoms with Crippen molar-refractivity contribution < 1.29 is 19.8 Å². The van der Waals surface area contributed by atoms with Crippen LogP contribution in [0.4, 0.5) is 0 Å². The number of carboxylic acids is 2. The van der Waals surface area contributed by atoms with Gasteiger partial charge in [0, 0.05) is 28.5 Å². The van der Waals surface area contributed by atoms with Crippen LogP contribution in [0.1, 0.15) is 31.7 Å². The molecule has 0 fully saturated rings. The second kappa shape index (κ2) is 10.2. The van der Waals surface area contributed by atoms with Gasteiger partial charge in [-0.2, -0.15) is 0 Å². The lowest BCUT2D eigenvalue weighted by molar-refractivity contribution is -0.140. The fourth-order valence-electron chi connectivity index (χ4n) is 2.03. The number of carboxylic acid groups (broad SMARTS) is 2. The van der Waals surface area contributed by atoms with Crippen LogP contribution in [0.3, 0.4) is 0 Å². The Balaban J connectivity index is 2.54. The average molecular weight is 372 g/mol. The molecule has 3 N–H and O–H groups in total. The molecule has 1 aromatic carbocycles. The normalized spacial score (nSPS) is 12.8. The Bertz CT molecular complexity index is 631. The van der Waals surface area contributed by atoms with Crippen molar-refractivity contribution in [1.29, 1.82) is 0 Å². The average Bonchev–Trinajstić information content (AvgIpc) is 2.43. The monoisotopic (exact) mass is 371 g/mol. The lowest BCUT2D eigenvalue weighted by Gasteiger charge is -2.13. The lowest BCUT2D eigenvalue weighted by Crippen LogP contribution is -2.37. The molecule has 0 aliphatic carbocycles. The van der Waals surface area contributed by atoms with Crippen molar-refractivity contribution in [2.75, 3.05) is 6.54 Å². The van der Waals surface area contributed by atoms with E-state index in [4.69, 9.17) is 28.3 Å². The van der Waals surface area contributed by atoms with Crippen LogP contribution in [0.25, 0.3) is 0 Å². The molecule has 0 heterocycles. The van der Waals surface area contributed by atoms with Gasteiger partial charge in [0.25, 0.3) is 0 Å². The minimum absolute atomic E-state index is 0.0240. The Morgan fingerprint density at radius 1 is 1.21 bits per heavy atom. The summed E-state index contributed by atoms with van der Waals surface area (Å²) in [5, 5.41) is 21.7. The van der Waals surface area contributed by atoms with Crippen molar-refractivity contribution in [3.05, 3.63) is 33.8 Å². The number of halogens is 2. The maximum Gasteiger partial charge on any atom is 0.321 e. The lowest BCUT2D eigenvalue weighted by atomic mass is 10.0. The maximum atomic E-state index is 11.2. The van der Waals surface area contributed by atoms with Gasteiger partial charge in [-0.05, 0) is 37.1 Å². The molecular weight excluding hydrogens is 353 g/mol. The van der Waals surface area contributed by atoms with Crippen molar-refractivity contribution in [3.8, 4) is 11.8 Å². The zero-order chi connectivity index (χ0) is 18.1. The van der Waals surface area contributed by atoms with Gasteiger partial charge in [-0.1, -0.05) is 42.0 Å². The van der Waals surface area contributed by atoms with Gasteiger partial charge in [-0.15, -0.1) is 0 Å². The molecule has 0 bridgehead atoms. The molecule has 24 heavy (non-hydrogen) atoms. The van der Waals surface area contributed by atoms with Crippen molar-refractivity contribution in [2.45, 2.75) is 32.2 Å². The first kappa shape index (κ1) is 20.3. The Labute approximate surface area is 151 Å². The summed E-state index contributed by atoms with van der Waals surface area (Å²) in [5.41, 5.74) is 0.617. The van der Waals surface area contributed by atoms with E-state index in [2.05, 4.69) is 17.2 Å². The highest BCUT2D eigenvalue weighted by molar-refractivity contribution is 6.34. The number of hydrogen-bond donors (Lipinski definition) is 3. The second-order valence-electron chi connectivity index (χ2n) is 5.50. The third kappa shape index (κ3) is 8.21. The number of hydrogen-bond acceptors (Lipinski definition) is 3. The van der Waals surface area contributed by atoms with E-state index in [1.165, 1.54) is 0 Å². The Hall–Kier alpha value is -1.74. The van der Waals surface area contributed by atoms with Crippen LogP contribution < -0.4 is 5.32 Å². The fourth-order valence-corrected chi connectivity index (χ4v) is 2.56. The minimum Gasteiger partial charge on any atom is -0.481 e. The summed E-state index contributed by atoms with van der Waals surface area (Å²) >= 11 is 11.8. The number of benzene rings is 1. The van der Waals surface area contributed by atoms with E-state index in [1.54, 1.807) is 18.2 Å². The van der Waals surface area contributed by atoms with E-state index in [0.717, 1.165) is 0 Å². The summed E-state index contributed by atoms with van der Waals surface area (Å²) in [6.07, 6.45) is 0.759. The van der Waals surface area contributed by atoms with E-state index in [1.807, 2.05) is 6.92 Å². The predicted molar refractivity (Wildman–Crippen MR) is 93.4 cm³/mol. The van der Waals surface area contributed by atoms with Gasteiger partial charge in [0.15, 0.2) is 0 Å². The molecule has 0 amide bonds. The van der Waals surface area contributed by atoms with Crippen LogP contribution in [-0.4, -0.2) is 34.7 Å². The Morgan fingerprint density at radius 2 is 1.83 bits per heavy atom. The van der Waals surface area contributed by atoms with E-state index in [-0.39, 0.29) is 18.8 Å². The molecule has 1 aromatic rings. The Morgan fingerprint density at radius 3 is 2.38 bits per heavy atom. The molecule has 5 nitrogen and oxygen atoms in total. The summed E-state index contributed by atoms with van der Waals surface area (Å²) in [6, 6.07) is 4.08. The third-order valence-corrected chi connectivity index (χ3v) is 3.69. The predicted octanol–water partition coefficient (Wildman–Crippen LogP) is 3.28. The molecule has 0 spiro atoms. The summed E-state index contributed by atoms with van der Waals surface area (Å²) in [4.78, 5) is 21.8. The van der Waals surface area contributed by atoms with Gasteiger partial charge >= 0.3 is 11.9 Å². The third-order valence-electron chi connectivity index (χ3n) is 3.25. The SMILES string of the molecule is CC(CCNC(CC#Cc1cc(Cl)cc(Cl)c1)C(=O)O)CC(=O)O. The van der Waals surface area contributed by atoms with Gasteiger partial charge in [0.1, 0.15) is 6.04 Å². The molecule has 7 heteroatoms.